The molecular weight excluding hydrogens is 343 g/mol. The van der Waals surface area contributed by atoms with E-state index < -0.39 is 5.97 Å². The number of aliphatic carboxylic acids is 1. The van der Waals surface area contributed by atoms with E-state index in [-0.39, 0.29) is 17.7 Å². The van der Waals surface area contributed by atoms with Crippen LogP contribution < -0.4 is 5.01 Å². The lowest BCUT2D eigenvalue weighted by Gasteiger charge is -2.26. The molecule has 0 unspecified atom stereocenters. The Morgan fingerprint density at radius 1 is 1.27 bits per heavy atom. The lowest BCUT2D eigenvalue weighted by atomic mass is 9.96. The predicted octanol–water partition coefficient (Wildman–Crippen LogP) is 4.69. The molecule has 2 atom stereocenters. The molecule has 1 aromatic carbocycles. The van der Waals surface area contributed by atoms with Crippen molar-refractivity contribution in [3.63, 3.8) is 0 Å². The molecule has 0 saturated carbocycles. The van der Waals surface area contributed by atoms with Crippen molar-refractivity contribution in [1.29, 1.82) is 0 Å². The minimum absolute atomic E-state index is 0.120. The maximum absolute atomic E-state index is 11.4. The molecule has 0 radical (unpaired) electrons. The van der Waals surface area contributed by atoms with Crippen LogP contribution >= 0.6 is 34.5 Å². The number of hydrogen-bond acceptors (Lipinski definition) is 4. The summed E-state index contributed by atoms with van der Waals surface area (Å²) in [4.78, 5) is 12.4. The molecule has 1 aliphatic rings. The highest BCUT2D eigenvalue weighted by Crippen LogP contribution is 2.44. The van der Waals surface area contributed by atoms with Gasteiger partial charge in [0, 0.05) is 10.8 Å². The van der Waals surface area contributed by atoms with E-state index >= 15 is 0 Å². The van der Waals surface area contributed by atoms with Crippen LogP contribution in [0.4, 0.5) is 5.69 Å². The van der Waals surface area contributed by atoms with Crippen molar-refractivity contribution < 1.29 is 9.90 Å². The van der Waals surface area contributed by atoms with Gasteiger partial charge in [0.15, 0.2) is 5.71 Å². The minimum Gasteiger partial charge on any atom is -0.477 e. The molecule has 7 heteroatoms. The van der Waals surface area contributed by atoms with E-state index in [4.69, 9.17) is 23.2 Å². The van der Waals surface area contributed by atoms with Gasteiger partial charge in [-0.3, -0.25) is 5.01 Å². The number of carboxylic acids is 1. The number of rotatable bonds is 3. The second kappa shape index (κ2) is 5.91. The van der Waals surface area contributed by atoms with Gasteiger partial charge in [-0.05, 0) is 24.3 Å². The van der Waals surface area contributed by atoms with Crippen molar-refractivity contribution in [2.75, 3.05) is 5.01 Å². The van der Waals surface area contributed by atoms with Gasteiger partial charge in [-0.15, -0.1) is 11.3 Å². The largest absolute Gasteiger partial charge is 0.477 e. The summed E-state index contributed by atoms with van der Waals surface area (Å²) in [5.41, 5.74) is 0.802. The zero-order chi connectivity index (χ0) is 15.9. The van der Waals surface area contributed by atoms with Crippen molar-refractivity contribution in [3.05, 3.63) is 50.6 Å². The van der Waals surface area contributed by atoms with Crippen molar-refractivity contribution >= 4 is 51.9 Å². The lowest BCUT2D eigenvalue weighted by molar-refractivity contribution is -0.129. The third kappa shape index (κ3) is 2.60. The third-order valence-corrected chi connectivity index (χ3v) is 5.21. The molecule has 114 valence electrons. The van der Waals surface area contributed by atoms with Gasteiger partial charge >= 0.3 is 5.97 Å². The monoisotopic (exact) mass is 354 g/mol. The number of carboxylic acid groups (broad SMARTS) is 1. The van der Waals surface area contributed by atoms with Gasteiger partial charge in [0.25, 0.3) is 0 Å². The fourth-order valence-electron chi connectivity index (χ4n) is 2.56. The van der Waals surface area contributed by atoms with Crippen LogP contribution in [0.5, 0.6) is 0 Å². The van der Waals surface area contributed by atoms with Crippen LogP contribution in [-0.4, -0.2) is 16.8 Å². The van der Waals surface area contributed by atoms with Gasteiger partial charge in [-0.1, -0.05) is 42.3 Å². The normalized spacial score (nSPS) is 21.0. The van der Waals surface area contributed by atoms with E-state index in [0.717, 1.165) is 4.88 Å². The van der Waals surface area contributed by atoms with Crippen LogP contribution in [0.2, 0.25) is 9.36 Å². The topological polar surface area (TPSA) is 52.9 Å². The summed E-state index contributed by atoms with van der Waals surface area (Å²) in [6, 6.07) is 10.7. The van der Waals surface area contributed by atoms with Gasteiger partial charge < -0.3 is 5.11 Å². The molecule has 0 spiro atoms. The van der Waals surface area contributed by atoms with Gasteiger partial charge in [0.1, 0.15) is 0 Å². The molecule has 0 amide bonds. The SMILES string of the molecule is C[C@@H]1C(C(=O)O)=NN(c2ccccc2Cl)[C@H]1c1ccc(Cl)s1. The average Bonchev–Trinajstić information content (AvgIpc) is 3.03. The number of para-hydroxylation sites is 1. The summed E-state index contributed by atoms with van der Waals surface area (Å²) in [5, 5.41) is 15.9. The first-order valence-corrected chi connectivity index (χ1v) is 8.17. The third-order valence-electron chi connectivity index (χ3n) is 3.59. The Kier molecular flexibility index (Phi) is 4.12. The highest BCUT2D eigenvalue weighted by molar-refractivity contribution is 7.16. The Morgan fingerprint density at radius 2 is 2.00 bits per heavy atom. The number of anilines is 1. The van der Waals surface area contributed by atoms with Crippen molar-refractivity contribution in [2.45, 2.75) is 13.0 Å². The smallest absolute Gasteiger partial charge is 0.352 e. The Bertz CT molecular complexity index is 760. The predicted molar refractivity (Wildman–Crippen MR) is 90.2 cm³/mol. The fourth-order valence-corrected chi connectivity index (χ4v) is 4.04. The van der Waals surface area contributed by atoms with Crippen molar-refractivity contribution in [2.24, 2.45) is 11.0 Å². The summed E-state index contributed by atoms with van der Waals surface area (Å²) >= 11 is 13.7. The summed E-state index contributed by atoms with van der Waals surface area (Å²) in [6.45, 7) is 1.85. The molecule has 1 aromatic heterocycles. The molecule has 0 fully saturated rings. The number of benzene rings is 1. The van der Waals surface area contributed by atoms with E-state index in [0.29, 0.717) is 15.0 Å². The quantitative estimate of drug-likeness (QED) is 0.869. The first-order chi connectivity index (χ1) is 10.5. The van der Waals surface area contributed by atoms with Crippen LogP contribution in [0.15, 0.2) is 41.5 Å². The van der Waals surface area contributed by atoms with E-state index in [1.165, 1.54) is 11.3 Å². The van der Waals surface area contributed by atoms with E-state index in [2.05, 4.69) is 5.10 Å². The van der Waals surface area contributed by atoms with Gasteiger partial charge in [-0.25, -0.2) is 4.79 Å². The number of carbonyl (C=O) groups is 1. The van der Waals surface area contributed by atoms with Crippen LogP contribution in [0, 0.1) is 5.92 Å². The fraction of sp³-hybridized carbons (Fsp3) is 0.200. The molecular formula is C15H12Cl2N2O2S. The zero-order valence-electron chi connectivity index (χ0n) is 11.5. The van der Waals surface area contributed by atoms with Crippen LogP contribution in [-0.2, 0) is 4.79 Å². The molecule has 2 aromatic rings. The number of hydrazone groups is 1. The van der Waals surface area contributed by atoms with Crippen LogP contribution in [0.3, 0.4) is 0 Å². The van der Waals surface area contributed by atoms with Crippen molar-refractivity contribution in [3.8, 4) is 0 Å². The van der Waals surface area contributed by atoms with Crippen LogP contribution in [0.25, 0.3) is 0 Å². The molecule has 0 aliphatic carbocycles. The summed E-state index contributed by atoms with van der Waals surface area (Å²) in [7, 11) is 0. The Labute approximate surface area is 141 Å². The number of halogens is 2. The van der Waals surface area contributed by atoms with Crippen molar-refractivity contribution in [1.82, 2.24) is 0 Å². The van der Waals surface area contributed by atoms with E-state index in [1.807, 2.05) is 31.2 Å². The highest BCUT2D eigenvalue weighted by atomic mass is 35.5. The molecule has 1 N–H and O–H groups in total. The second-order valence-electron chi connectivity index (χ2n) is 4.96. The number of hydrogen-bond donors (Lipinski definition) is 1. The maximum atomic E-state index is 11.4. The standard InChI is InChI=1S/C15H12Cl2N2O2S/c1-8-13(15(20)21)18-19(10-5-3-2-4-9(10)16)14(8)11-6-7-12(17)22-11/h2-8,14H,1H3,(H,20,21)/t8-,14-/m1/s1. The first-order valence-electron chi connectivity index (χ1n) is 6.60. The molecule has 22 heavy (non-hydrogen) atoms. The lowest BCUT2D eigenvalue weighted by Crippen LogP contribution is -2.25. The summed E-state index contributed by atoms with van der Waals surface area (Å²) in [6.07, 6.45) is 0. The molecule has 0 saturated heterocycles. The molecule has 2 heterocycles. The first kappa shape index (κ1) is 15.3. The van der Waals surface area contributed by atoms with Crippen LogP contribution in [0.1, 0.15) is 17.8 Å². The van der Waals surface area contributed by atoms with E-state index in [1.54, 1.807) is 17.1 Å². The summed E-state index contributed by atoms with van der Waals surface area (Å²) < 4.78 is 0.657. The molecule has 4 nitrogen and oxygen atoms in total. The zero-order valence-corrected chi connectivity index (χ0v) is 13.9. The molecule has 3 rings (SSSR count). The second-order valence-corrected chi connectivity index (χ2v) is 7.12. The highest BCUT2D eigenvalue weighted by Gasteiger charge is 2.40. The molecule has 0 bridgehead atoms. The number of nitrogens with zero attached hydrogens (tertiary/aromatic N) is 2. The van der Waals surface area contributed by atoms with Gasteiger partial charge in [0.2, 0.25) is 0 Å². The van der Waals surface area contributed by atoms with Gasteiger partial charge in [-0.2, -0.15) is 5.10 Å². The maximum Gasteiger partial charge on any atom is 0.352 e. The Morgan fingerprint density at radius 3 is 2.59 bits per heavy atom. The Balaban J connectivity index is 2.10. The summed E-state index contributed by atoms with van der Waals surface area (Å²) in [5.74, 6) is -1.29. The van der Waals surface area contributed by atoms with Gasteiger partial charge in [0.05, 0.1) is 21.1 Å². The Hall–Kier alpha value is -1.56. The van der Waals surface area contributed by atoms with E-state index in [9.17, 15) is 9.90 Å². The number of thiophene rings is 1. The molecule has 1 aliphatic heterocycles. The average molecular weight is 355 g/mol. The minimum atomic E-state index is -1.02.